The molecule has 0 spiro atoms. The van der Waals surface area contributed by atoms with Gasteiger partial charge < -0.3 is 5.73 Å². The third kappa shape index (κ3) is 1.89. The molecule has 1 heterocycles. The maximum Gasteiger partial charge on any atom is 0.0777 e. The van der Waals surface area contributed by atoms with Crippen LogP contribution in [-0.4, -0.2) is 0 Å². The summed E-state index contributed by atoms with van der Waals surface area (Å²) in [6.07, 6.45) is 6.17. The standard InChI is InChI=1S/C15H11NS/c16-15-13(12-4-2-1-3-5-12)7-6-11-8-9-17-14(15)10-11/h1-9H,16H2. The summed E-state index contributed by atoms with van der Waals surface area (Å²) in [6, 6.07) is 10.2. The van der Waals surface area contributed by atoms with Crippen molar-refractivity contribution in [3.8, 4) is 0 Å². The zero-order chi connectivity index (χ0) is 11.7. The van der Waals surface area contributed by atoms with E-state index in [1.54, 1.807) is 11.8 Å². The molecule has 0 unspecified atom stereocenters. The van der Waals surface area contributed by atoms with E-state index in [0.717, 1.165) is 27.3 Å². The quantitative estimate of drug-likeness (QED) is 0.755. The molecule has 0 saturated heterocycles. The first-order chi connectivity index (χ1) is 8.34. The third-order valence-corrected chi connectivity index (χ3v) is 3.57. The molecule has 82 valence electrons. The lowest BCUT2D eigenvalue weighted by atomic mass is 10.0. The van der Waals surface area contributed by atoms with Crippen molar-refractivity contribution >= 4 is 17.3 Å². The van der Waals surface area contributed by atoms with Crippen molar-refractivity contribution in [3.05, 3.63) is 81.4 Å². The van der Waals surface area contributed by atoms with Crippen LogP contribution >= 0.6 is 11.8 Å². The monoisotopic (exact) mass is 237 g/mol. The van der Waals surface area contributed by atoms with Crippen LogP contribution < -0.4 is 5.73 Å². The van der Waals surface area contributed by atoms with Gasteiger partial charge in [0.05, 0.1) is 10.6 Å². The molecule has 3 rings (SSSR count). The fourth-order valence-corrected chi connectivity index (χ4v) is 2.62. The summed E-state index contributed by atoms with van der Waals surface area (Å²) >= 11 is 1.62. The number of hydrogen-bond donors (Lipinski definition) is 1. The van der Waals surface area contributed by atoms with Gasteiger partial charge >= 0.3 is 0 Å². The van der Waals surface area contributed by atoms with E-state index in [1.165, 1.54) is 0 Å². The van der Waals surface area contributed by atoms with Crippen LogP contribution in [-0.2, 0) is 0 Å². The van der Waals surface area contributed by atoms with E-state index in [4.69, 9.17) is 5.73 Å². The summed E-state index contributed by atoms with van der Waals surface area (Å²) < 4.78 is 0. The summed E-state index contributed by atoms with van der Waals surface area (Å²) in [7, 11) is 0. The van der Waals surface area contributed by atoms with Gasteiger partial charge in [-0.15, -0.1) is 0 Å². The van der Waals surface area contributed by atoms with Crippen LogP contribution in [0.25, 0.3) is 5.57 Å². The summed E-state index contributed by atoms with van der Waals surface area (Å²) in [6.45, 7) is 0. The van der Waals surface area contributed by atoms with Crippen LogP contribution in [0.2, 0.25) is 0 Å². The summed E-state index contributed by atoms with van der Waals surface area (Å²) in [4.78, 5) is 1.01. The van der Waals surface area contributed by atoms with Crippen molar-refractivity contribution in [2.24, 2.45) is 5.73 Å². The molecule has 1 nitrogen and oxygen atoms in total. The van der Waals surface area contributed by atoms with E-state index < -0.39 is 0 Å². The van der Waals surface area contributed by atoms with Crippen molar-refractivity contribution in [3.63, 3.8) is 0 Å². The predicted octanol–water partition coefficient (Wildman–Crippen LogP) is 3.60. The second-order valence-electron chi connectivity index (χ2n) is 3.86. The molecule has 1 aromatic carbocycles. The maximum atomic E-state index is 6.22. The Morgan fingerprint density at radius 2 is 1.82 bits per heavy atom. The highest BCUT2D eigenvalue weighted by atomic mass is 32.2. The highest BCUT2D eigenvalue weighted by molar-refractivity contribution is 8.06. The minimum absolute atomic E-state index is 0.803. The second kappa shape index (κ2) is 4.17. The van der Waals surface area contributed by atoms with E-state index in [0.29, 0.717) is 0 Å². The Bertz CT molecular complexity index is 612. The molecule has 0 atom stereocenters. The van der Waals surface area contributed by atoms with Gasteiger partial charge in [0.25, 0.3) is 0 Å². The Morgan fingerprint density at radius 3 is 2.65 bits per heavy atom. The summed E-state index contributed by atoms with van der Waals surface area (Å²) in [5.41, 5.74) is 13.6. The van der Waals surface area contributed by atoms with Gasteiger partial charge in [0, 0.05) is 11.1 Å². The van der Waals surface area contributed by atoms with Crippen molar-refractivity contribution in [2.45, 2.75) is 0 Å². The third-order valence-electron chi connectivity index (χ3n) is 2.74. The Morgan fingerprint density at radius 1 is 1.00 bits per heavy atom. The van der Waals surface area contributed by atoms with Crippen LogP contribution in [0.5, 0.6) is 0 Å². The normalized spacial score (nSPS) is 17.6. The van der Waals surface area contributed by atoms with Crippen LogP contribution in [0.15, 0.2) is 75.9 Å². The number of thioether (sulfide) groups is 1. The molecule has 0 radical (unpaired) electrons. The first-order valence-corrected chi connectivity index (χ1v) is 6.30. The Hall–Kier alpha value is -1.89. The SMILES string of the molecule is NC1=C(c2ccccc2)C=CC2=C=C1SC=C2. The molecule has 2 N–H and O–H groups in total. The van der Waals surface area contributed by atoms with Gasteiger partial charge in [0.15, 0.2) is 0 Å². The fourth-order valence-electron chi connectivity index (χ4n) is 1.86. The van der Waals surface area contributed by atoms with E-state index in [1.807, 2.05) is 29.7 Å². The van der Waals surface area contributed by atoms with Crippen LogP contribution in [0.1, 0.15) is 5.56 Å². The molecule has 2 heteroatoms. The largest absolute Gasteiger partial charge is 0.397 e. The first kappa shape index (κ1) is 10.3. The highest BCUT2D eigenvalue weighted by Gasteiger charge is 2.12. The van der Waals surface area contributed by atoms with Crippen LogP contribution in [0.4, 0.5) is 0 Å². The van der Waals surface area contributed by atoms with E-state index in [2.05, 4.69) is 30.0 Å². The van der Waals surface area contributed by atoms with Gasteiger partial charge in [-0.25, -0.2) is 0 Å². The lowest BCUT2D eigenvalue weighted by molar-refractivity contribution is 1.41. The van der Waals surface area contributed by atoms with Crippen molar-refractivity contribution in [1.82, 2.24) is 0 Å². The summed E-state index contributed by atoms with van der Waals surface area (Å²) in [5.74, 6) is 0. The highest BCUT2D eigenvalue weighted by Crippen LogP contribution is 2.33. The average molecular weight is 237 g/mol. The molecule has 0 amide bonds. The molecule has 0 saturated carbocycles. The molecule has 17 heavy (non-hydrogen) atoms. The minimum atomic E-state index is 0.803. The van der Waals surface area contributed by atoms with Gasteiger partial charge in [-0.1, -0.05) is 53.9 Å². The number of rotatable bonds is 1. The molecule has 1 aromatic rings. The minimum Gasteiger partial charge on any atom is -0.397 e. The van der Waals surface area contributed by atoms with Gasteiger partial charge in [-0.2, -0.15) is 0 Å². The number of hydrogen-bond acceptors (Lipinski definition) is 2. The van der Waals surface area contributed by atoms with Gasteiger partial charge in [-0.3, -0.25) is 0 Å². The summed E-state index contributed by atoms with van der Waals surface area (Å²) in [5, 5.41) is 2.05. The lowest BCUT2D eigenvalue weighted by Gasteiger charge is -2.08. The van der Waals surface area contributed by atoms with E-state index in [9.17, 15) is 0 Å². The zero-order valence-electron chi connectivity index (χ0n) is 9.18. The molecule has 1 aliphatic carbocycles. The number of benzene rings is 1. The maximum absolute atomic E-state index is 6.22. The zero-order valence-corrected chi connectivity index (χ0v) is 10.00. The molecular weight excluding hydrogens is 226 g/mol. The van der Waals surface area contributed by atoms with Crippen LogP contribution in [0.3, 0.4) is 0 Å². The first-order valence-electron chi connectivity index (χ1n) is 5.42. The van der Waals surface area contributed by atoms with Crippen molar-refractivity contribution in [2.75, 3.05) is 0 Å². The number of allylic oxidation sites excluding steroid dienone is 4. The Balaban J connectivity index is 2.15. The van der Waals surface area contributed by atoms with Crippen molar-refractivity contribution in [1.29, 1.82) is 0 Å². The van der Waals surface area contributed by atoms with Gasteiger partial charge in [0.1, 0.15) is 0 Å². The molecule has 1 aliphatic heterocycles. The smallest absolute Gasteiger partial charge is 0.0777 e. The molecular formula is C15H11NS. The Kier molecular flexibility index (Phi) is 2.52. The van der Waals surface area contributed by atoms with Gasteiger partial charge in [-0.05, 0) is 23.1 Å². The molecule has 2 aliphatic rings. The molecule has 0 fully saturated rings. The topological polar surface area (TPSA) is 26.0 Å². The van der Waals surface area contributed by atoms with Gasteiger partial charge in [0.2, 0.25) is 0 Å². The van der Waals surface area contributed by atoms with E-state index in [-0.39, 0.29) is 0 Å². The fraction of sp³-hybridized carbons (Fsp3) is 0. The molecule has 0 aromatic heterocycles. The Labute approximate surface area is 105 Å². The number of nitrogens with two attached hydrogens (primary N) is 1. The lowest BCUT2D eigenvalue weighted by Crippen LogP contribution is -2.01. The average Bonchev–Trinajstić information content (AvgIpc) is 2.50. The van der Waals surface area contributed by atoms with Crippen LogP contribution in [0, 0.1) is 0 Å². The predicted molar refractivity (Wildman–Crippen MR) is 74.0 cm³/mol. The molecule has 2 bridgehead atoms. The van der Waals surface area contributed by atoms with Crippen molar-refractivity contribution < 1.29 is 0 Å². The van der Waals surface area contributed by atoms with E-state index >= 15 is 0 Å². The second-order valence-corrected chi connectivity index (χ2v) is 4.77.